The van der Waals surface area contributed by atoms with Crippen molar-refractivity contribution in [2.24, 2.45) is 0 Å². The van der Waals surface area contributed by atoms with Crippen LogP contribution in [0, 0.1) is 6.92 Å². The van der Waals surface area contributed by atoms with Crippen molar-refractivity contribution in [3.8, 4) is 0 Å². The quantitative estimate of drug-likeness (QED) is 0.738. The predicted octanol–water partition coefficient (Wildman–Crippen LogP) is 2.30. The van der Waals surface area contributed by atoms with Gasteiger partial charge in [0.15, 0.2) is 0 Å². The van der Waals surface area contributed by atoms with Crippen LogP contribution in [0.25, 0.3) is 10.9 Å². The van der Waals surface area contributed by atoms with Gasteiger partial charge in [0.05, 0.1) is 22.9 Å². The third-order valence-corrected chi connectivity index (χ3v) is 3.62. The lowest BCUT2D eigenvalue weighted by atomic mass is 10.1. The smallest absolute Gasteiger partial charge is 0.261 e. The van der Waals surface area contributed by atoms with Crippen LogP contribution in [-0.2, 0) is 6.42 Å². The van der Waals surface area contributed by atoms with Gasteiger partial charge in [-0.15, -0.1) is 0 Å². The third kappa shape index (κ3) is 2.54. The number of aromatic nitrogens is 4. The Morgan fingerprint density at radius 2 is 2.10 bits per heavy atom. The van der Waals surface area contributed by atoms with E-state index in [9.17, 15) is 4.79 Å². The molecule has 0 aliphatic carbocycles. The van der Waals surface area contributed by atoms with Crippen LogP contribution in [-0.4, -0.2) is 19.5 Å². The fourth-order valence-corrected chi connectivity index (χ4v) is 2.49. The summed E-state index contributed by atoms with van der Waals surface area (Å²) in [4.78, 5) is 25.4. The normalized spacial score (nSPS) is 12.5. The molecule has 21 heavy (non-hydrogen) atoms. The number of aryl methyl sites for hydroxylation is 1. The van der Waals surface area contributed by atoms with Gasteiger partial charge in [0, 0.05) is 31.1 Å². The first kappa shape index (κ1) is 13.4. The van der Waals surface area contributed by atoms with Gasteiger partial charge in [-0.2, -0.15) is 0 Å². The van der Waals surface area contributed by atoms with Crippen LogP contribution in [0.1, 0.15) is 24.2 Å². The number of rotatable bonds is 3. The van der Waals surface area contributed by atoms with Gasteiger partial charge in [-0.05, 0) is 25.5 Å². The van der Waals surface area contributed by atoms with E-state index in [-0.39, 0.29) is 11.6 Å². The maximum atomic E-state index is 12.7. The molecule has 0 fully saturated rings. The lowest BCUT2D eigenvalue weighted by Gasteiger charge is -2.15. The highest BCUT2D eigenvalue weighted by Gasteiger charge is 2.12. The number of benzene rings is 1. The Morgan fingerprint density at radius 3 is 2.86 bits per heavy atom. The van der Waals surface area contributed by atoms with E-state index < -0.39 is 0 Å². The molecule has 3 aromatic rings. The van der Waals surface area contributed by atoms with Gasteiger partial charge in [-0.3, -0.25) is 19.3 Å². The van der Waals surface area contributed by atoms with Crippen molar-refractivity contribution in [1.82, 2.24) is 19.5 Å². The van der Waals surface area contributed by atoms with Crippen LogP contribution in [0.2, 0.25) is 0 Å². The third-order valence-electron chi connectivity index (χ3n) is 3.62. The minimum absolute atomic E-state index is 0.00510. The van der Waals surface area contributed by atoms with Gasteiger partial charge in [-0.1, -0.05) is 12.1 Å². The lowest BCUT2D eigenvalue weighted by Crippen LogP contribution is -2.25. The second kappa shape index (κ2) is 5.44. The zero-order valence-electron chi connectivity index (χ0n) is 12.0. The molecule has 0 saturated carbocycles. The van der Waals surface area contributed by atoms with Gasteiger partial charge >= 0.3 is 0 Å². The Balaban J connectivity index is 2.03. The monoisotopic (exact) mass is 280 g/mol. The van der Waals surface area contributed by atoms with Gasteiger partial charge in [0.2, 0.25) is 0 Å². The summed E-state index contributed by atoms with van der Waals surface area (Å²) < 4.78 is 1.67. The molecule has 0 aliphatic rings. The first-order valence-corrected chi connectivity index (χ1v) is 6.88. The van der Waals surface area contributed by atoms with E-state index in [1.165, 1.54) is 0 Å². The summed E-state index contributed by atoms with van der Waals surface area (Å²) in [5, 5.41) is 0.686. The Hall–Kier alpha value is -2.56. The van der Waals surface area contributed by atoms with Gasteiger partial charge in [-0.25, -0.2) is 4.98 Å². The number of hydrogen-bond donors (Lipinski definition) is 0. The largest absolute Gasteiger partial charge is 0.295 e. The number of fused-ring (bicyclic) bond motifs is 1. The summed E-state index contributed by atoms with van der Waals surface area (Å²) in [6.07, 6.45) is 7.29. The van der Waals surface area contributed by atoms with Crippen molar-refractivity contribution in [3.63, 3.8) is 0 Å². The van der Waals surface area contributed by atoms with Crippen molar-refractivity contribution in [1.29, 1.82) is 0 Å². The summed E-state index contributed by atoms with van der Waals surface area (Å²) >= 11 is 0. The summed E-state index contributed by atoms with van der Waals surface area (Å²) in [7, 11) is 0. The Kier molecular flexibility index (Phi) is 3.48. The predicted molar refractivity (Wildman–Crippen MR) is 81.2 cm³/mol. The molecule has 0 bridgehead atoms. The second-order valence-electron chi connectivity index (χ2n) is 5.18. The topological polar surface area (TPSA) is 60.7 Å². The molecule has 1 aromatic carbocycles. The molecule has 0 saturated heterocycles. The zero-order chi connectivity index (χ0) is 14.8. The van der Waals surface area contributed by atoms with Crippen LogP contribution in [0.15, 0.2) is 47.9 Å². The molecule has 2 heterocycles. The van der Waals surface area contributed by atoms with E-state index in [0.29, 0.717) is 11.8 Å². The second-order valence-corrected chi connectivity index (χ2v) is 5.18. The Bertz CT molecular complexity index is 827. The lowest BCUT2D eigenvalue weighted by molar-refractivity contribution is 0.516. The van der Waals surface area contributed by atoms with Gasteiger partial charge in [0.1, 0.15) is 0 Å². The molecule has 2 aromatic heterocycles. The van der Waals surface area contributed by atoms with Crippen molar-refractivity contribution in [3.05, 3.63) is 64.7 Å². The molecule has 5 heteroatoms. The van der Waals surface area contributed by atoms with E-state index in [1.807, 2.05) is 32.0 Å². The van der Waals surface area contributed by atoms with Crippen molar-refractivity contribution in [2.45, 2.75) is 26.3 Å². The minimum Gasteiger partial charge on any atom is -0.295 e. The molecule has 0 amide bonds. The average molecular weight is 280 g/mol. The first-order valence-electron chi connectivity index (χ1n) is 6.88. The highest BCUT2D eigenvalue weighted by Crippen LogP contribution is 2.14. The molecule has 0 N–H and O–H groups in total. The molecule has 0 spiro atoms. The van der Waals surface area contributed by atoms with Gasteiger partial charge in [0.25, 0.3) is 5.56 Å². The van der Waals surface area contributed by atoms with Crippen LogP contribution in [0.4, 0.5) is 0 Å². The van der Waals surface area contributed by atoms with Crippen LogP contribution in [0.3, 0.4) is 0 Å². The molecule has 3 rings (SSSR count). The van der Waals surface area contributed by atoms with E-state index in [4.69, 9.17) is 0 Å². The fourth-order valence-electron chi connectivity index (χ4n) is 2.49. The van der Waals surface area contributed by atoms with E-state index >= 15 is 0 Å². The van der Waals surface area contributed by atoms with Crippen LogP contribution in [0.5, 0.6) is 0 Å². The summed E-state index contributed by atoms with van der Waals surface area (Å²) in [5.74, 6) is 0. The first-order chi connectivity index (χ1) is 10.2. The number of hydrogen-bond acceptors (Lipinski definition) is 4. The molecule has 1 atom stereocenters. The van der Waals surface area contributed by atoms with Gasteiger partial charge < -0.3 is 0 Å². The summed E-state index contributed by atoms with van der Waals surface area (Å²) in [6, 6.07) is 5.69. The standard InChI is InChI=1S/C16H16N4O/c1-11-4-3-5-14-15(11)16(21)20(10-19-14)12(2)8-13-9-17-6-7-18-13/h3-7,9-10,12H,8H2,1-2H3/t12-/m1/s1. The minimum atomic E-state index is -0.0225. The molecule has 5 nitrogen and oxygen atoms in total. The molecular formula is C16H16N4O. The highest BCUT2D eigenvalue weighted by atomic mass is 16.1. The average Bonchev–Trinajstić information content (AvgIpc) is 2.48. The maximum absolute atomic E-state index is 12.7. The number of nitrogens with zero attached hydrogens (tertiary/aromatic N) is 4. The molecule has 0 unspecified atom stereocenters. The molecule has 0 aliphatic heterocycles. The van der Waals surface area contributed by atoms with E-state index in [2.05, 4.69) is 15.0 Å². The van der Waals surface area contributed by atoms with E-state index in [1.54, 1.807) is 29.5 Å². The molecular weight excluding hydrogens is 264 g/mol. The van der Waals surface area contributed by atoms with Crippen molar-refractivity contribution in [2.75, 3.05) is 0 Å². The maximum Gasteiger partial charge on any atom is 0.261 e. The highest BCUT2D eigenvalue weighted by molar-refractivity contribution is 5.80. The Labute approximate surface area is 122 Å². The van der Waals surface area contributed by atoms with Crippen molar-refractivity contribution < 1.29 is 0 Å². The summed E-state index contributed by atoms with van der Waals surface area (Å²) in [5.41, 5.74) is 2.55. The summed E-state index contributed by atoms with van der Waals surface area (Å²) in [6.45, 7) is 3.92. The zero-order valence-corrected chi connectivity index (χ0v) is 12.0. The molecule has 0 radical (unpaired) electrons. The van der Waals surface area contributed by atoms with Crippen LogP contribution >= 0.6 is 0 Å². The Morgan fingerprint density at radius 1 is 1.24 bits per heavy atom. The SMILES string of the molecule is Cc1cccc2ncn([C@H](C)Cc3cnccn3)c(=O)c12. The van der Waals surface area contributed by atoms with E-state index in [0.717, 1.165) is 16.8 Å². The molecule has 106 valence electrons. The van der Waals surface area contributed by atoms with Crippen molar-refractivity contribution >= 4 is 10.9 Å². The fraction of sp³-hybridized carbons (Fsp3) is 0.250. The van der Waals surface area contributed by atoms with Crippen LogP contribution < -0.4 is 5.56 Å².